The quantitative estimate of drug-likeness (QED) is 0.492. The Bertz CT molecular complexity index is 528. The van der Waals surface area contributed by atoms with E-state index in [1.165, 1.54) is 5.38 Å². The highest BCUT2D eigenvalue weighted by Gasteiger charge is 2.22. The van der Waals surface area contributed by atoms with Crippen LogP contribution in [0.4, 0.5) is 0 Å². The van der Waals surface area contributed by atoms with Crippen LogP contribution in [0.3, 0.4) is 0 Å². The van der Waals surface area contributed by atoms with Gasteiger partial charge in [0.05, 0.1) is 17.0 Å². The molecule has 1 aromatic rings. The molecule has 0 radical (unpaired) electrons. The number of hydrogen-bond acceptors (Lipinski definition) is 6. The van der Waals surface area contributed by atoms with E-state index < -0.39 is 21.8 Å². The van der Waals surface area contributed by atoms with Crippen molar-refractivity contribution in [3.05, 3.63) is 21.4 Å². The average molecular weight is 278 g/mol. The molecule has 17 heavy (non-hydrogen) atoms. The van der Waals surface area contributed by atoms with E-state index in [2.05, 4.69) is 0 Å². The highest BCUT2D eigenvalue weighted by Crippen LogP contribution is 2.24. The highest BCUT2D eigenvalue weighted by molar-refractivity contribution is 7.85. The molecule has 0 aliphatic heterocycles. The predicted octanol–water partition coefficient (Wildman–Crippen LogP) is 1.13. The second-order valence-corrected chi connectivity index (χ2v) is 5.42. The van der Waals surface area contributed by atoms with Crippen molar-refractivity contribution in [1.82, 2.24) is 0 Å². The molecule has 0 aromatic carbocycles. The van der Waals surface area contributed by atoms with Crippen LogP contribution in [0.2, 0.25) is 0 Å². The predicted molar refractivity (Wildman–Crippen MR) is 60.9 cm³/mol. The van der Waals surface area contributed by atoms with Crippen LogP contribution in [0.15, 0.2) is 5.38 Å². The molecule has 1 N–H and O–H groups in total. The van der Waals surface area contributed by atoms with Gasteiger partial charge in [-0.15, -0.1) is 11.3 Å². The fraction of sp³-hybridized carbons (Fsp3) is 0.333. The molecule has 0 spiro atoms. The first kappa shape index (κ1) is 13.8. The van der Waals surface area contributed by atoms with E-state index in [-0.39, 0.29) is 22.6 Å². The molecule has 6 nitrogen and oxygen atoms in total. The molecular formula is C9H10O6S2. The minimum atomic E-state index is -4.31. The molecule has 0 aliphatic carbocycles. The van der Waals surface area contributed by atoms with Gasteiger partial charge < -0.3 is 4.74 Å². The zero-order valence-electron chi connectivity index (χ0n) is 8.87. The summed E-state index contributed by atoms with van der Waals surface area (Å²) in [5.74, 6) is -1.49. The molecule has 8 heteroatoms. The monoisotopic (exact) mass is 278 g/mol. The van der Waals surface area contributed by atoms with E-state index in [1.54, 1.807) is 6.92 Å². The number of esters is 1. The molecule has 0 saturated carbocycles. The summed E-state index contributed by atoms with van der Waals surface area (Å²) in [7, 11) is -4.31. The van der Waals surface area contributed by atoms with Gasteiger partial charge in [-0.25, -0.2) is 4.79 Å². The Hall–Kier alpha value is -1.25. The van der Waals surface area contributed by atoms with Crippen molar-refractivity contribution in [1.29, 1.82) is 0 Å². The molecule has 94 valence electrons. The lowest BCUT2D eigenvalue weighted by Gasteiger charge is -2.03. The van der Waals surface area contributed by atoms with Crippen LogP contribution in [0.5, 0.6) is 0 Å². The van der Waals surface area contributed by atoms with Crippen LogP contribution in [0.25, 0.3) is 0 Å². The van der Waals surface area contributed by atoms with Crippen LogP contribution in [-0.4, -0.2) is 31.8 Å². The molecule has 0 unspecified atom stereocenters. The maximum Gasteiger partial charge on any atom is 0.339 e. The first-order valence-electron chi connectivity index (χ1n) is 4.57. The summed E-state index contributed by atoms with van der Waals surface area (Å²) in [6, 6.07) is 0. The molecule has 1 rings (SSSR count). The zero-order valence-corrected chi connectivity index (χ0v) is 10.5. The highest BCUT2D eigenvalue weighted by atomic mass is 32.2. The first-order valence-corrected chi connectivity index (χ1v) is 7.05. The van der Waals surface area contributed by atoms with Crippen molar-refractivity contribution in [3.63, 3.8) is 0 Å². The molecular weight excluding hydrogens is 268 g/mol. The third-order valence-electron chi connectivity index (χ3n) is 1.86. The number of thiophene rings is 1. The Morgan fingerprint density at radius 3 is 2.71 bits per heavy atom. The van der Waals surface area contributed by atoms with Crippen molar-refractivity contribution in [2.45, 2.75) is 12.7 Å². The van der Waals surface area contributed by atoms with E-state index in [4.69, 9.17) is 9.29 Å². The fourth-order valence-corrected chi connectivity index (χ4v) is 2.84. The summed E-state index contributed by atoms with van der Waals surface area (Å²) in [5, 5.41) is 1.34. The van der Waals surface area contributed by atoms with E-state index in [0.29, 0.717) is 6.29 Å². The second kappa shape index (κ2) is 5.39. The smallest absolute Gasteiger partial charge is 0.339 e. The molecule has 0 fully saturated rings. The summed E-state index contributed by atoms with van der Waals surface area (Å²) in [6.45, 7) is 1.74. The van der Waals surface area contributed by atoms with Crippen molar-refractivity contribution in [3.8, 4) is 0 Å². The van der Waals surface area contributed by atoms with Crippen LogP contribution in [-0.2, 0) is 20.6 Å². The Balaban J connectivity index is 3.19. The maximum absolute atomic E-state index is 11.5. The van der Waals surface area contributed by atoms with Gasteiger partial charge in [0.25, 0.3) is 10.1 Å². The number of rotatable bonds is 5. The summed E-state index contributed by atoms with van der Waals surface area (Å²) < 4.78 is 35.1. The standard InChI is InChI=1S/C9H10O6S2/c1-2-15-9(11)6-4-16-8(3-10)7(6)5-17(12,13)14/h3-4H,2,5H2,1H3,(H,12,13,14). The number of hydrogen-bond donors (Lipinski definition) is 1. The van der Waals surface area contributed by atoms with E-state index in [0.717, 1.165) is 11.3 Å². The van der Waals surface area contributed by atoms with Gasteiger partial charge >= 0.3 is 5.97 Å². The zero-order chi connectivity index (χ0) is 13.1. The number of carbonyl (C=O) groups excluding carboxylic acids is 2. The van der Waals surface area contributed by atoms with Crippen molar-refractivity contribution in [2.24, 2.45) is 0 Å². The summed E-state index contributed by atoms with van der Waals surface area (Å²) in [6.07, 6.45) is 0.438. The molecule has 0 bridgehead atoms. The first-order chi connectivity index (χ1) is 7.89. The lowest BCUT2D eigenvalue weighted by atomic mass is 10.2. The van der Waals surface area contributed by atoms with Crippen molar-refractivity contribution < 1.29 is 27.3 Å². The molecule has 0 aliphatic rings. The van der Waals surface area contributed by atoms with Crippen molar-refractivity contribution >= 4 is 33.7 Å². The van der Waals surface area contributed by atoms with Gasteiger partial charge in [-0.3, -0.25) is 9.35 Å². The number of carbonyl (C=O) groups is 2. The Morgan fingerprint density at radius 1 is 1.59 bits per heavy atom. The van der Waals surface area contributed by atoms with Gasteiger partial charge in [0.2, 0.25) is 0 Å². The minimum absolute atomic E-state index is 0.00317. The second-order valence-electron chi connectivity index (χ2n) is 3.06. The van der Waals surface area contributed by atoms with Crippen LogP contribution in [0.1, 0.15) is 32.5 Å². The molecule has 0 saturated heterocycles. The molecule has 0 atom stereocenters. The SMILES string of the molecule is CCOC(=O)c1csc(C=O)c1CS(=O)(=O)O. The van der Waals surface area contributed by atoms with E-state index >= 15 is 0 Å². The molecule has 0 amide bonds. The van der Waals surface area contributed by atoms with E-state index in [9.17, 15) is 18.0 Å². The van der Waals surface area contributed by atoms with Gasteiger partial charge in [-0.2, -0.15) is 8.42 Å². The summed E-state index contributed by atoms with van der Waals surface area (Å²) >= 11 is 0.927. The van der Waals surface area contributed by atoms with Crippen LogP contribution < -0.4 is 0 Å². The fourth-order valence-electron chi connectivity index (χ4n) is 1.21. The molecule has 1 heterocycles. The minimum Gasteiger partial charge on any atom is -0.462 e. The number of aldehydes is 1. The van der Waals surface area contributed by atoms with E-state index in [1.807, 2.05) is 0 Å². The normalized spacial score (nSPS) is 11.2. The molecule has 1 aromatic heterocycles. The Labute approximate surface area is 102 Å². The van der Waals surface area contributed by atoms with Gasteiger partial charge in [0, 0.05) is 10.9 Å². The van der Waals surface area contributed by atoms with Crippen LogP contribution >= 0.6 is 11.3 Å². The maximum atomic E-state index is 11.5. The summed E-state index contributed by atoms with van der Waals surface area (Å²) in [5.41, 5.74) is -0.0254. The lowest BCUT2D eigenvalue weighted by molar-refractivity contribution is 0.0526. The van der Waals surface area contributed by atoms with Crippen molar-refractivity contribution in [2.75, 3.05) is 6.61 Å². The largest absolute Gasteiger partial charge is 0.462 e. The summed E-state index contributed by atoms with van der Waals surface area (Å²) in [4.78, 5) is 22.3. The van der Waals surface area contributed by atoms with Gasteiger partial charge in [0.15, 0.2) is 6.29 Å². The topological polar surface area (TPSA) is 97.7 Å². The van der Waals surface area contributed by atoms with Gasteiger partial charge in [-0.1, -0.05) is 0 Å². The Morgan fingerprint density at radius 2 is 2.24 bits per heavy atom. The third kappa shape index (κ3) is 3.62. The number of ether oxygens (including phenoxy) is 1. The van der Waals surface area contributed by atoms with Crippen LogP contribution in [0, 0.1) is 0 Å². The van der Waals surface area contributed by atoms with Gasteiger partial charge in [0.1, 0.15) is 5.75 Å². The lowest BCUT2D eigenvalue weighted by Crippen LogP contribution is -2.10. The third-order valence-corrected chi connectivity index (χ3v) is 3.46. The van der Waals surface area contributed by atoms with Gasteiger partial charge in [-0.05, 0) is 6.92 Å². The Kier molecular flexibility index (Phi) is 4.38. The average Bonchev–Trinajstić information content (AvgIpc) is 2.58.